The molecule has 1 saturated heterocycles. The smallest absolute Gasteiger partial charge is 0.243 e. The van der Waals surface area contributed by atoms with Gasteiger partial charge < -0.3 is 11.5 Å². The SMILES string of the molecule is NC(=O)C1CCN(S(=O)(=O)c2ccc(N)cc2)C1. The van der Waals surface area contributed by atoms with E-state index in [1.807, 2.05) is 0 Å². The van der Waals surface area contributed by atoms with Crippen LogP contribution in [0.25, 0.3) is 0 Å². The number of nitrogens with zero attached hydrogens (tertiary/aromatic N) is 1. The Hall–Kier alpha value is -1.60. The summed E-state index contributed by atoms with van der Waals surface area (Å²) >= 11 is 0. The molecule has 1 atom stereocenters. The molecule has 1 aromatic carbocycles. The number of carbonyl (C=O) groups is 1. The third kappa shape index (κ3) is 2.32. The molecule has 0 aliphatic carbocycles. The molecule has 0 spiro atoms. The molecule has 4 N–H and O–H groups in total. The van der Waals surface area contributed by atoms with Crippen LogP contribution in [-0.4, -0.2) is 31.7 Å². The summed E-state index contributed by atoms with van der Waals surface area (Å²) in [6, 6.07) is 5.99. The Kier molecular flexibility index (Phi) is 3.27. The van der Waals surface area contributed by atoms with Gasteiger partial charge in [-0.1, -0.05) is 0 Å². The van der Waals surface area contributed by atoms with Crippen molar-refractivity contribution in [1.29, 1.82) is 0 Å². The highest BCUT2D eigenvalue weighted by atomic mass is 32.2. The number of amides is 1. The summed E-state index contributed by atoms with van der Waals surface area (Å²) in [4.78, 5) is 11.2. The van der Waals surface area contributed by atoms with Crippen molar-refractivity contribution in [2.75, 3.05) is 18.8 Å². The van der Waals surface area contributed by atoms with Crippen LogP contribution in [0, 0.1) is 5.92 Å². The van der Waals surface area contributed by atoms with Crippen LogP contribution in [0.2, 0.25) is 0 Å². The summed E-state index contributed by atoms with van der Waals surface area (Å²) in [7, 11) is -3.55. The van der Waals surface area contributed by atoms with Crippen LogP contribution >= 0.6 is 0 Å². The van der Waals surface area contributed by atoms with Crippen molar-refractivity contribution in [2.24, 2.45) is 11.7 Å². The van der Waals surface area contributed by atoms with E-state index in [0.717, 1.165) is 0 Å². The first-order valence-corrected chi connectivity index (χ1v) is 7.00. The Morgan fingerprint density at radius 3 is 2.39 bits per heavy atom. The Morgan fingerprint density at radius 2 is 1.89 bits per heavy atom. The predicted molar refractivity (Wildman–Crippen MR) is 66.9 cm³/mol. The first kappa shape index (κ1) is 12.8. The molecule has 0 bridgehead atoms. The molecule has 7 heteroatoms. The molecule has 2 rings (SSSR count). The minimum absolute atomic E-state index is 0.155. The highest BCUT2D eigenvalue weighted by Gasteiger charge is 2.34. The molecule has 1 aromatic rings. The third-order valence-corrected chi connectivity index (χ3v) is 4.95. The van der Waals surface area contributed by atoms with Crippen molar-refractivity contribution < 1.29 is 13.2 Å². The van der Waals surface area contributed by atoms with Crippen molar-refractivity contribution in [3.63, 3.8) is 0 Å². The number of nitrogen functional groups attached to an aromatic ring is 1. The normalized spacial score (nSPS) is 21.0. The van der Waals surface area contributed by atoms with E-state index < -0.39 is 21.8 Å². The van der Waals surface area contributed by atoms with E-state index in [1.165, 1.54) is 28.6 Å². The molecule has 1 heterocycles. The maximum Gasteiger partial charge on any atom is 0.243 e. The van der Waals surface area contributed by atoms with Gasteiger partial charge in [0, 0.05) is 18.8 Å². The lowest BCUT2D eigenvalue weighted by atomic mass is 10.1. The van der Waals surface area contributed by atoms with E-state index in [4.69, 9.17) is 11.5 Å². The molecule has 98 valence electrons. The van der Waals surface area contributed by atoms with E-state index in [9.17, 15) is 13.2 Å². The second-order valence-electron chi connectivity index (χ2n) is 4.32. The Morgan fingerprint density at radius 1 is 1.28 bits per heavy atom. The number of sulfonamides is 1. The number of primary amides is 1. The van der Waals surface area contributed by atoms with Gasteiger partial charge in [-0.3, -0.25) is 4.79 Å². The Labute approximate surface area is 106 Å². The predicted octanol–water partition coefficient (Wildman–Crippen LogP) is -0.235. The van der Waals surface area contributed by atoms with Gasteiger partial charge in [0.2, 0.25) is 15.9 Å². The van der Waals surface area contributed by atoms with Gasteiger partial charge in [-0.25, -0.2) is 8.42 Å². The second kappa shape index (κ2) is 4.58. The van der Waals surface area contributed by atoms with Crippen LogP contribution in [0.3, 0.4) is 0 Å². The summed E-state index contributed by atoms with van der Waals surface area (Å²) in [5, 5.41) is 0. The lowest BCUT2D eigenvalue weighted by Crippen LogP contribution is -2.31. The summed E-state index contributed by atoms with van der Waals surface area (Å²) < 4.78 is 25.8. The lowest BCUT2D eigenvalue weighted by Gasteiger charge is -2.16. The lowest BCUT2D eigenvalue weighted by molar-refractivity contribution is -0.121. The molecule has 0 saturated carbocycles. The van der Waals surface area contributed by atoms with Crippen LogP contribution in [0.1, 0.15) is 6.42 Å². The van der Waals surface area contributed by atoms with Crippen LogP contribution in [0.15, 0.2) is 29.2 Å². The van der Waals surface area contributed by atoms with Crippen LogP contribution in [-0.2, 0) is 14.8 Å². The molecule has 1 fully saturated rings. The fraction of sp³-hybridized carbons (Fsp3) is 0.364. The zero-order valence-electron chi connectivity index (χ0n) is 9.74. The molecular weight excluding hydrogens is 254 g/mol. The third-order valence-electron chi connectivity index (χ3n) is 3.07. The molecule has 0 aromatic heterocycles. The molecule has 0 radical (unpaired) electrons. The maximum absolute atomic E-state index is 12.2. The highest BCUT2D eigenvalue weighted by Crippen LogP contribution is 2.24. The molecule has 1 amide bonds. The topological polar surface area (TPSA) is 106 Å². The molecule has 1 aliphatic heterocycles. The number of benzene rings is 1. The van der Waals surface area contributed by atoms with Gasteiger partial charge in [-0.05, 0) is 30.7 Å². The zero-order chi connectivity index (χ0) is 13.3. The fourth-order valence-electron chi connectivity index (χ4n) is 1.97. The monoisotopic (exact) mass is 269 g/mol. The molecule has 1 aliphatic rings. The van der Waals surface area contributed by atoms with Crippen LogP contribution in [0.5, 0.6) is 0 Å². The van der Waals surface area contributed by atoms with Gasteiger partial charge in [0.25, 0.3) is 0 Å². The number of hydrogen-bond acceptors (Lipinski definition) is 4. The van der Waals surface area contributed by atoms with Crippen molar-refractivity contribution in [1.82, 2.24) is 4.31 Å². The minimum atomic E-state index is -3.55. The largest absolute Gasteiger partial charge is 0.399 e. The Bertz CT molecular complexity index is 553. The van der Waals surface area contributed by atoms with Crippen LogP contribution in [0.4, 0.5) is 5.69 Å². The van der Waals surface area contributed by atoms with Gasteiger partial charge >= 0.3 is 0 Å². The molecular formula is C11H15N3O3S. The minimum Gasteiger partial charge on any atom is -0.399 e. The van der Waals surface area contributed by atoms with E-state index >= 15 is 0 Å². The molecule has 1 unspecified atom stereocenters. The van der Waals surface area contributed by atoms with E-state index in [0.29, 0.717) is 18.7 Å². The Balaban J connectivity index is 2.22. The second-order valence-corrected chi connectivity index (χ2v) is 6.26. The van der Waals surface area contributed by atoms with Crippen molar-refractivity contribution >= 4 is 21.6 Å². The van der Waals surface area contributed by atoms with Gasteiger partial charge in [-0.15, -0.1) is 0 Å². The summed E-state index contributed by atoms with van der Waals surface area (Å²) in [6.45, 7) is 0.475. The summed E-state index contributed by atoms with van der Waals surface area (Å²) in [5.74, 6) is -0.849. The summed E-state index contributed by atoms with van der Waals surface area (Å²) in [6.07, 6.45) is 0.476. The van der Waals surface area contributed by atoms with E-state index in [-0.39, 0.29) is 11.4 Å². The maximum atomic E-state index is 12.2. The zero-order valence-corrected chi connectivity index (χ0v) is 10.6. The first-order valence-electron chi connectivity index (χ1n) is 5.56. The summed E-state index contributed by atoms with van der Waals surface area (Å²) in [5.41, 5.74) is 11.2. The van der Waals surface area contributed by atoms with E-state index in [1.54, 1.807) is 0 Å². The quantitative estimate of drug-likeness (QED) is 0.739. The van der Waals surface area contributed by atoms with Crippen molar-refractivity contribution in [3.05, 3.63) is 24.3 Å². The number of anilines is 1. The average Bonchev–Trinajstić information content (AvgIpc) is 2.79. The first-order chi connectivity index (χ1) is 8.41. The van der Waals surface area contributed by atoms with Gasteiger partial charge in [0.15, 0.2) is 0 Å². The number of hydrogen-bond donors (Lipinski definition) is 2. The number of carbonyl (C=O) groups excluding carboxylic acids is 1. The number of rotatable bonds is 3. The fourth-order valence-corrected chi connectivity index (χ4v) is 3.47. The van der Waals surface area contributed by atoms with Crippen molar-refractivity contribution in [3.8, 4) is 0 Å². The number of nitrogens with two attached hydrogens (primary N) is 2. The van der Waals surface area contributed by atoms with Crippen LogP contribution < -0.4 is 11.5 Å². The molecule has 6 nitrogen and oxygen atoms in total. The van der Waals surface area contributed by atoms with E-state index in [2.05, 4.69) is 0 Å². The average molecular weight is 269 g/mol. The van der Waals surface area contributed by atoms with Gasteiger partial charge in [0.05, 0.1) is 10.8 Å². The molecule has 18 heavy (non-hydrogen) atoms. The standard InChI is InChI=1S/C11H15N3O3S/c12-9-1-3-10(4-2-9)18(16,17)14-6-5-8(7-14)11(13)15/h1-4,8H,5-7,12H2,(H2,13,15). The van der Waals surface area contributed by atoms with Gasteiger partial charge in [-0.2, -0.15) is 4.31 Å². The highest BCUT2D eigenvalue weighted by molar-refractivity contribution is 7.89. The van der Waals surface area contributed by atoms with Crippen molar-refractivity contribution in [2.45, 2.75) is 11.3 Å². The van der Waals surface area contributed by atoms with Gasteiger partial charge in [0.1, 0.15) is 0 Å².